The van der Waals surface area contributed by atoms with Crippen molar-refractivity contribution >= 4 is 38.4 Å². The summed E-state index contributed by atoms with van der Waals surface area (Å²) in [5, 5.41) is 8.73. The lowest BCUT2D eigenvalue weighted by Crippen LogP contribution is -2.41. The Morgan fingerprint density at radius 1 is 1.40 bits per heavy atom. The smallest absolute Gasteiger partial charge is 0.273 e. The van der Waals surface area contributed by atoms with E-state index in [0.29, 0.717) is 4.47 Å². The molecule has 0 atom stereocenters. The van der Waals surface area contributed by atoms with E-state index in [1.165, 1.54) is 12.1 Å². The molecule has 0 saturated heterocycles. The van der Waals surface area contributed by atoms with Gasteiger partial charge in [-0.25, -0.2) is 21.9 Å². The molecule has 0 radical (unpaired) electrons. The van der Waals surface area contributed by atoms with Gasteiger partial charge < -0.3 is 5.73 Å². The molecule has 1 aromatic carbocycles. The standard InChI is InChI=1S/C10H10BrF2N3O2S.ClH/c11-8-1-7(4-14)2-9(3-8)19(17,18)16-6-10(12,13)5-15;/h1-3,16H,5-6,15H2;1H. The van der Waals surface area contributed by atoms with Gasteiger partial charge in [-0.2, -0.15) is 5.26 Å². The van der Waals surface area contributed by atoms with Gasteiger partial charge in [0.2, 0.25) is 10.0 Å². The summed E-state index contributed by atoms with van der Waals surface area (Å²) >= 11 is 3.04. The van der Waals surface area contributed by atoms with Gasteiger partial charge in [-0.15, -0.1) is 12.4 Å². The number of hydrogen-bond acceptors (Lipinski definition) is 4. The van der Waals surface area contributed by atoms with Crippen LogP contribution < -0.4 is 10.5 Å². The highest BCUT2D eigenvalue weighted by atomic mass is 79.9. The Morgan fingerprint density at radius 2 is 2.00 bits per heavy atom. The van der Waals surface area contributed by atoms with Gasteiger partial charge in [0, 0.05) is 4.47 Å². The van der Waals surface area contributed by atoms with Crippen LogP contribution in [0.4, 0.5) is 8.78 Å². The Balaban J connectivity index is 0.00000361. The van der Waals surface area contributed by atoms with Crippen LogP contribution in [0.1, 0.15) is 5.56 Å². The minimum atomic E-state index is -4.13. The molecule has 20 heavy (non-hydrogen) atoms. The highest BCUT2D eigenvalue weighted by Crippen LogP contribution is 2.20. The molecule has 0 amide bonds. The molecule has 0 heterocycles. The molecular formula is C10H11BrClF2N3O2S. The molecule has 0 unspecified atom stereocenters. The van der Waals surface area contributed by atoms with Crippen molar-refractivity contribution in [1.82, 2.24) is 4.72 Å². The Hall–Kier alpha value is -0.790. The van der Waals surface area contributed by atoms with Gasteiger partial charge in [0.15, 0.2) is 0 Å². The quantitative estimate of drug-likeness (QED) is 0.798. The van der Waals surface area contributed by atoms with E-state index in [-0.39, 0.29) is 22.9 Å². The summed E-state index contributed by atoms with van der Waals surface area (Å²) in [6, 6.07) is 5.49. The van der Waals surface area contributed by atoms with E-state index >= 15 is 0 Å². The van der Waals surface area contributed by atoms with Crippen LogP contribution in [0, 0.1) is 11.3 Å². The van der Waals surface area contributed by atoms with Crippen LogP contribution in [-0.2, 0) is 10.0 Å². The summed E-state index contributed by atoms with van der Waals surface area (Å²) in [6.07, 6.45) is 0. The lowest BCUT2D eigenvalue weighted by molar-refractivity contribution is 0.0170. The molecule has 0 spiro atoms. The first kappa shape index (κ1) is 19.2. The molecule has 3 N–H and O–H groups in total. The maximum absolute atomic E-state index is 12.9. The van der Waals surface area contributed by atoms with Crippen LogP contribution in [0.15, 0.2) is 27.6 Å². The monoisotopic (exact) mass is 389 g/mol. The number of nitrogens with zero attached hydrogens (tertiary/aromatic N) is 1. The van der Waals surface area contributed by atoms with Crippen molar-refractivity contribution < 1.29 is 17.2 Å². The van der Waals surface area contributed by atoms with Gasteiger partial charge in [0.05, 0.1) is 29.6 Å². The van der Waals surface area contributed by atoms with Crippen molar-refractivity contribution in [2.45, 2.75) is 10.8 Å². The van der Waals surface area contributed by atoms with Crippen molar-refractivity contribution in [3.63, 3.8) is 0 Å². The van der Waals surface area contributed by atoms with E-state index in [9.17, 15) is 17.2 Å². The Bertz CT molecular complexity index is 619. The number of rotatable bonds is 5. The predicted molar refractivity (Wildman–Crippen MR) is 75.3 cm³/mol. The van der Waals surface area contributed by atoms with E-state index in [1.807, 2.05) is 0 Å². The van der Waals surface area contributed by atoms with Gasteiger partial charge in [0.25, 0.3) is 5.92 Å². The lowest BCUT2D eigenvalue weighted by atomic mass is 10.2. The highest BCUT2D eigenvalue weighted by molar-refractivity contribution is 9.10. The first-order valence-corrected chi connectivity index (χ1v) is 7.26. The minimum absolute atomic E-state index is 0. The van der Waals surface area contributed by atoms with E-state index < -0.39 is 29.0 Å². The van der Waals surface area contributed by atoms with Gasteiger partial charge in [-0.05, 0) is 18.2 Å². The van der Waals surface area contributed by atoms with Crippen molar-refractivity contribution in [1.29, 1.82) is 5.26 Å². The average Bonchev–Trinajstić information content (AvgIpc) is 2.36. The topological polar surface area (TPSA) is 96.0 Å². The SMILES string of the molecule is Cl.N#Cc1cc(Br)cc(S(=O)(=O)NCC(F)(F)CN)c1. The molecule has 0 aromatic heterocycles. The molecular weight excluding hydrogens is 380 g/mol. The van der Waals surface area contributed by atoms with Crippen LogP contribution in [-0.4, -0.2) is 27.4 Å². The molecule has 10 heteroatoms. The van der Waals surface area contributed by atoms with Gasteiger partial charge in [0.1, 0.15) is 0 Å². The number of nitrogens with one attached hydrogen (secondary N) is 1. The van der Waals surface area contributed by atoms with Gasteiger partial charge in [-0.3, -0.25) is 0 Å². The fourth-order valence-electron chi connectivity index (χ4n) is 1.14. The predicted octanol–water partition coefficient (Wildman–Crippen LogP) is 1.61. The lowest BCUT2D eigenvalue weighted by Gasteiger charge is -2.15. The maximum Gasteiger partial charge on any atom is 0.273 e. The van der Waals surface area contributed by atoms with E-state index in [2.05, 4.69) is 15.9 Å². The van der Waals surface area contributed by atoms with Gasteiger partial charge >= 0.3 is 0 Å². The molecule has 1 rings (SSSR count). The average molecular weight is 391 g/mol. The van der Waals surface area contributed by atoms with E-state index in [4.69, 9.17) is 11.0 Å². The number of alkyl halides is 2. The normalized spacial score (nSPS) is 11.6. The third-order valence-electron chi connectivity index (χ3n) is 2.13. The fourth-order valence-corrected chi connectivity index (χ4v) is 2.92. The zero-order valence-electron chi connectivity index (χ0n) is 9.94. The van der Waals surface area contributed by atoms with Crippen molar-refractivity contribution in [3.05, 3.63) is 28.2 Å². The third kappa shape index (κ3) is 5.30. The molecule has 5 nitrogen and oxygen atoms in total. The van der Waals surface area contributed by atoms with E-state index in [0.717, 1.165) is 6.07 Å². The summed E-state index contributed by atoms with van der Waals surface area (Å²) < 4.78 is 51.5. The number of sulfonamides is 1. The molecule has 0 fully saturated rings. The summed E-state index contributed by atoms with van der Waals surface area (Å²) in [5.41, 5.74) is 4.91. The summed E-state index contributed by atoms with van der Waals surface area (Å²) in [6.45, 7) is -2.06. The Kier molecular flexibility index (Phi) is 7.00. The molecule has 0 aliphatic carbocycles. The number of hydrogen-bond donors (Lipinski definition) is 2. The second-order valence-corrected chi connectivity index (χ2v) is 6.35. The number of nitriles is 1. The van der Waals surface area contributed by atoms with Crippen LogP contribution in [0.2, 0.25) is 0 Å². The van der Waals surface area contributed by atoms with Crippen molar-refractivity contribution in [2.75, 3.05) is 13.1 Å². The van der Waals surface area contributed by atoms with Crippen LogP contribution in [0.25, 0.3) is 0 Å². The summed E-state index contributed by atoms with van der Waals surface area (Å²) in [5.74, 6) is -3.32. The largest absolute Gasteiger partial charge is 0.325 e. The van der Waals surface area contributed by atoms with E-state index in [1.54, 1.807) is 10.8 Å². The molecule has 0 aliphatic rings. The van der Waals surface area contributed by atoms with Crippen LogP contribution in [0.3, 0.4) is 0 Å². The molecule has 112 valence electrons. The van der Waals surface area contributed by atoms with Crippen LogP contribution >= 0.6 is 28.3 Å². The van der Waals surface area contributed by atoms with Crippen molar-refractivity contribution in [3.8, 4) is 6.07 Å². The number of nitrogens with two attached hydrogens (primary N) is 1. The van der Waals surface area contributed by atoms with Gasteiger partial charge in [-0.1, -0.05) is 15.9 Å². The molecule has 0 aliphatic heterocycles. The summed E-state index contributed by atoms with van der Waals surface area (Å²) in [7, 11) is -4.13. The molecule has 0 bridgehead atoms. The number of benzene rings is 1. The first-order chi connectivity index (χ1) is 8.70. The second kappa shape index (κ2) is 7.28. The zero-order valence-corrected chi connectivity index (χ0v) is 13.2. The zero-order chi connectivity index (χ0) is 14.7. The van der Waals surface area contributed by atoms with Crippen molar-refractivity contribution in [2.24, 2.45) is 5.73 Å². The first-order valence-electron chi connectivity index (χ1n) is 4.98. The highest BCUT2D eigenvalue weighted by Gasteiger charge is 2.29. The minimum Gasteiger partial charge on any atom is -0.325 e. The third-order valence-corrected chi connectivity index (χ3v) is 3.97. The second-order valence-electron chi connectivity index (χ2n) is 3.67. The molecule has 0 saturated carbocycles. The Morgan fingerprint density at radius 3 is 2.50 bits per heavy atom. The summed E-state index contributed by atoms with van der Waals surface area (Å²) in [4.78, 5) is -0.272. The van der Waals surface area contributed by atoms with Crippen LogP contribution in [0.5, 0.6) is 0 Å². The fraction of sp³-hybridized carbons (Fsp3) is 0.300. The number of halogens is 4. The Labute approximate surface area is 129 Å². The maximum atomic E-state index is 12.9. The molecule has 1 aromatic rings.